The molecule has 47 heavy (non-hydrogen) atoms. The SMILES string of the molecule is CC1=C(C(=O)Nc2ccccc2)[C@H](c2ccc(C(C)C)cc2)n2c(s/c(=C/c3ccc(OCc4ccccc4C#N)c(Br)c3)c2=O)=N1. The van der Waals surface area contributed by atoms with Crippen LogP contribution >= 0.6 is 27.3 Å². The van der Waals surface area contributed by atoms with E-state index in [4.69, 9.17) is 9.73 Å². The number of fused-ring (bicyclic) bond motifs is 1. The van der Waals surface area contributed by atoms with Gasteiger partial charge in [-0.3, -0.25) is 14.2 Å². The Hall–Kier alpha value is -5.04. The van der Waals surface area contributed by atoms with E-state index in [2.05, 4.69) is 53.3 Å². The Bertz CT molecular complexity index is 2230. The monoisotopic (exact) mass is 702 g/mol. The molecule has 2 heterocycles. The van der Waals surface area contributed by atoms with Gasteiger partial charge in [-0.05, 0) is 81.9 Å². The topological polar surface area (TPSA) is 96.5 Å². The summed E-state index contributed by atoms with van der Waals surface area (Å²) in [4.78, 5) is 33.3. The highest BCUT2D eigenvalue weighted by Gasteiger charge is 2.32. The minimum Gasteiger partial charge on any atom is -0.488 e. The third kappa shape index (κ3) is 6.75. The summed E-state index contributed by atoms with van der Waals surface area (Å²) >= 11 is 4.89. The van der Waals surface area contributed by atoms with E-state index in [1.807, 2.05) is 91.9 Å². The Morgan fingerprint density at radius 2 is 1.79 bits per heavy atom. The lowest BCUT2D eigenvalue weighted by Gasteiger charge is -2.25. The average molecular weight is 704 g/mol. The number of para-hydroxylation sites is 1. The fourth-order valence-electron chi connectivity index (χ4n) is 5.50. The molecule has 0 saturated heterocycles. The number of carbonyl (C=O) groups is 1. The summed E-state index contributed by atoms with van der Waals surface area (Å²) in [6.45, 7) is 6.33. The number of allylic oxidation sites excluding steroid dienone is 1. The number of nitriles is 1. The van der Waals surface area contributed by atoms with Gasteiger partial charge >= 0.3 is 0 Å². The highest BCUT2D eigenvalue weighted by Crippen LogP contribution is 2.32. The number of amides is 1. The number of carbonyl (C=O) groups excluding carboxylic acids is 1. The lowest BCUT2D eigenvalue weighted by atomic mass is 9.93. The number of anilines is 1. The summed E-state index contributed by atoms with van der Waals surface area (Å²) in [5.41, 5.74) is 5.58. The first-order valence-electron chi connectivity index (χ1n) is 15.1. The number of hydrogen-bond acceptors (Lipinski definition) is 6. The van der Waals surface area contributed by atoms with Gasteiger partial charge in [0.05, 0.1) is 37.9 Å². The molecule has 1 aliphatic rings. The van der Waals surface area contributed by atoms with Crippen molar-refractivity contribution >= 4 is 44.9 Å². The van der Waals surface area contributed by atoms with Crippen LogP contribution in [0.3, 0.4) is 0 Å². The predicted octanol–water partition coefficient (Wildman–Crippen LogP) is 7.21. The second-order valence-corrected chi connectivity index (χ2v) is 13.3. The molecule has 6 rings (SSSR count). The van der Waals surface area contributed by atoms with Crippen molar-refractivity contribution in [2.75, 3.05) is 5.32 Å². The average Bonchev–Trinajstić information content (AvgIpc) is 3.37. The molecule has 9 heteroatoms. The minimum atomic E-state index is -0.655. The van der Waals surface area contributed by atoms with E-state index in [1.54, 1.807) is 10.6 Å². The quantitative estimate of drug-likeness (QED) is 0.185. The fraction of sp³-hybridized carbons (Fsp3) is 0.158. The van der Waals surface area contributed by atoms with Gasteiger partial charge in [0.25, 0.3) is 11.5 Å². The number of aromatic nitrogens is 1. The summed E-state index contributed by atoms with van der Waals surface area (Å²) in [6, 6.07) is 31.8. The molecule has 1 N–H and O–H groups in total. The van der Waals surface area contributed by atoms with Gasteiger partial charge in [-0.15, -0.1) is 0 Å². The van der Waals surface area contributed by atoms with Crippen LogP contribution in [0.25, 0.3) is 6.08 Å². The van der Waals surface area contributed by atoms with Gasteiger partial charge in [-0.1, -0.05) is 91.9 Å². The van der Waals surface area contributed by atoms with E-state index in [1.165, 1.54) is 16.9 Å². The summed E-state index contributed by atoms with van der Waals surface area (Å²) < 4.78 is 8.84. The zero-order chi connectivity index (χ0) is 33.1. The highest BCUT2D eigenvalue weighted by atomic mass is 79.9. The summed E-state index contributed by atoms with van der Waals surface area (Å²) in [7, 11) is 0. The number of benzene rings is 4. The first-order valence-corrected chi connectivity index (χ1v) is 16.7. The fourth-order valence-corrected chi connectivity index (χ4v) is 7.05. The Morgan fingerprint density at radius 3 is 2.49 bits per heavy atom. The standard InChI is InChI=1S/C38H31BrN4O3S/c1-23(2)26-14-16-27(17-15-26)35-34(36(44)42-30-11-5-4-6-12-30)24(3)41-38-43(35)37(45)33(47-38)20-25-13-18-32(31(39)19-25)46-22-29-10-8-7-9-28(29)21-40/h4-20,23,35H,22H2,1-3H3,(H,42,44)/b33-20+/t35-/m0/s1. The lowest BCUT2D eigenvalue weighted by molar-refractivity contribution is -0.113. The molecule has 1 atom stereocenters. The summed E-state index contributed by atoms with van der Waals surface area (Å²) in [5, 5.41) is 12.4. The molecular formula is C38H31BrN4O3S. The van der Waals surface area contributed by atoms with Crippen molar-refractivity contribution in [3.8, 4) is 11.8 Å². The molecule has 0 radical (unpaired) electrons. The first kappa shape index (κ1) is 31.9. The van der Waals surface area contributed by atoms with Crippen LogP contribution in [-0.4, -0.2) is 10.5 Å². The second kappa shape index (κ2) is 13.8. The zero-order valence-corrected chi connectivity index (χ0v) is 28.4. The van der Waals surface area contributed by atoms with Gasteiger partial charge in [0.15, 0.2) is 4.80 Å². The van der Waals surface area contributed by atoms with Gasteiger partial charge < -0.3 is 10.1 Å². The van der Waals surface area contributed by atoms with Gasteiger partial charge in [-0.25, -0.2) is 4.99 Å². The van der Waals surface area contributed by atoms with Gasteiger partial charge in [0.1, 0.15) is 12.4 Å². The van der Waals surface area contributed by atoms with Crippen LogP contribution in [0.15, 0.2) is 123 Å². The highest BCUT2D eigenvalue weighted by molar-refractivity contribution is 9.10. The molecule has 0 bridgehead atoms. The van der Waals surface area contributed by atoms with Crippen molar-refractivity contribution in [3.63, 3.8) is 0 Å². The van der Waals surface area contributed by atoms with Crippen LogP contribution in [0.2, 0.25) is 0 Å². The lowest BCUT2D eigenvalue weighted by Crippen LogP contribution is -2.40. The summed E-state index contributed by atoms with van der Waals surface area (Å²) in [5.74, 6) is 0.654. The van der Waals surface area contributed by atoms with Crippen molar-refractivity contribution in [2.24, 2.45) is 4.99 Å². The number of ether oxygens (including phenoxy) is 1. The third-order valence-electron chi connectivity index (χ3n) is 7.99. The van der Waals surface area contributed by atoms with E-state index in [0.717, 1.165) is 16.7 Å². The van der Waals surface area contributed by atoms with Crippen molar-refractivity contribution in [3.05, 3.63) is 160 Å². The number of rotatable bonds is 8. The Labute approximate surface area is 285 Å². The number of nitrogens with one attached hydrogen (secondary N) is 1. The third-order valence-corrected chi connectivity index (χ3v) is 9.59. The van der Waals surface area contributed by atoms with Crippen molar-refractivity contribution in [1.29, 1.82) is 5.26 Å². The molecule has 0 unspecified atom stereocenters. The molecule has 5 aromatic rings. The Balaban J connectivity index is 1.37. The van der Waals surface area contributed by atoms with Crippen LogP contribution < -0.4 is 24.9 Å². The van der Waals surface area contributed by atoms with Crippen LogP contribution in [-0.2, 0) is 11.4 Å². The molecule has 0 fully saturated rings. The Morgan fingerprint density at radius 1 is 1.06 bits per heavy atom. The number of nitrogens with zero attached hydrogens (tertiary/aromatic N) is 3. The van der Waals surface area contributed by atoms with E-state index >= 15 is 0 Å². The molecule has 234 valence electrons. The smallest absolute Gasteiger partial charge is 0.271 e. The van der Waals surface area contributed by atoms with Crippen molar-refractivity contribution in [2.45, 2.75) is 39.3 Å². The molecular weight excluding hydrogens is 672 g/mol. The van der Waals surface area contributed by atoms with E-state index < -0.39 is 6.04 Å². The maximum atomic E-state index is 14.1. The molecule has 0 saturated carbocycles. The van der Waals surface area contributed by atoms with E-state index in [0.29, 0.717) is 48.0 Å². The molecule has 1 aliphatic heterocycles. The number of hydrogen-bond donors (Lipinski definition) is 1. The van der Waals surface area contributed by atoms with Gasteiger partial charge in [0.2, 0.25) is 0 Å². The molecule has 4 aromatic carbocycles. The first-order chi connectivity index (χ1) is 22.7. The van der Waals surface area contributed by atoms with Crippen LogP contribution in [0.5, 0.6) is 5.75 Å². The molecule has 7 nitrogen and oxygen atoms in total. The summed E-state index contributed by atoms with van der Waals surface area (Å²) in [6.07, 6.45) is 1.82. The second-order valence-electron chi connectivity index (χ2n) is 11.5. The Kier molecular flexibility index (Phi) is 9.34. The van der Waals surface area contributed by atoms with Crippen LogP contribution in [0, 0.1) is 11.3 Å². The van der Waals surface area contributed by atoms with Crippen molar-refractivity contribution in [1.82, 2.24) is 4.57 Å². The van der Waals surface area contributed by atoms with Crippen LogP contribution in [0.4, 0.5) is 5.69 Å². The van der Waals surface area contributed by atoms with Gasteiger partial charge in [-0.2, -0.15) is 5.26 Å². The predicted molar refractivity (Wildman–Crippen MR) is 189 cm³/mol. The molecule has 0 aliphatic carbocycles. The maximum Gasteiger partial charge on any atom is 0.271 e. The molecule has 1 aromatic heterocycles. The minimum absolute atomic E-state index is 0.228. The van der Waals surface area contributed by atoms with Crippen molar-refractivity contribution < 1.29 is 9.53 Å². The van der Waals surface area contributed by atoms with Gasteiger partial charge in [0, 0.05) is 11.3 Å². The molecule has 0 spiro atoms. The normalized spacial score (nSPS) is 14.4. The van der Waals surface area contributed by atoms with Crippen LogP contribution in [0.1, 0.15) is 60.5 Å². The number of halogens is 1. The zero-order valence-electron chi connectivity index (χ0n) is 26.0. The molecule has 1 amide bonds. The van der Waals surface area contributed by atoms with E-state index in [9.17, 15) is 14.9 Å². The maximum absolute atomic E-state index is 14.1. The largest absolute Gasteiger partial charge is 0.488 e. The van der Waals surface area contributed by atoms with E-state index in [-0.39, 0.29) is 18.1 Å². The number of thiazole rings is 1.